The lowest BCUT2D eigenvalue weighted by Gasteiger charge is -2.16. The molecule has 2 rings (SSSR count). The molecule has 0 radical (unpaired) electrons. The van der Waals surface area contributed by atoms with Crippen LogP contribution in [0.2, 0.25) is 0 Å². The highest BCUT2D eigenvalue weighted by Gasteiger charge is 2.38. The SMILES string of the molecule is Cc1ccc2nc(NCCCN(C)CCCNC(=O)C(F)(F)F)n[n+]([O-])c2c1. The molecule has 0 saturated heterocycles. The third-order valence-electron chi connectivity index (χ3n) is 4.01. The highest BCUT2D eigenvalue weighted by Crippen LogP contribution is 2.14. The van der Waals surface area contributed by atoms with Crippen LogP contribution in [0.3, 0.4) is 0 Å². The minimum Gasteiger partial charge on any atom is -0.594 e. The first-order valence-corrected chi connectivity index (χ1v) is 8.82. The van der Waals surface area contributed by atoms with Crippen molar-refractivity contribution in [2.75, 3.05) is 38.5 Å². The topological polar surface area (TPSA) is 97.1 Å². The number of halogens is 3. The van der Waals surface area contributed by atoms with Gasteiger partial charge in [-0.1, -0.05) is 6.07 Å². The first-order valence-electron chi connectivity index (χ1n) is 8.82. The molecule has 2 aromatic rings. The minimum absolute atomic E-state index is 0.0329. The number of hydrogen-bond donors (Lipinski definition) is 2. The number of aromatic nitrogens is 3. The monoisotopic (exact) mass is 400 g/mol. The Morgan fingerprint density at radius 3 is 2.61 bits per heavy atom. The lowest BCUT2D eigenvalue weighted by molar-refractivity contribution is -0.641. The number of nitrogens with one attached hydrogen (secondary N) is 2. The molecule has 154 valence electrons. The zero-order valence-electron chi connectivity index (χ0n) is 15.7. The van der Waals surface area contributed by atoms with Crippen molar-refractivity contribution >= 4 is 22.9 Å². The molecule has 0 spiro atoms. The molecule has 28 heavy (non-hydrogen) atoms. The van der Waals surface area contributed by atoms with Crippen LogP contribution in [-0.2, 0) is 4.79 Å². The van der Waals surface area contributed by atoms with E-state index in [-0.39, 0.29) is 12.5 Å². The quantitative estimate of drug-likeness (QED) is 0.375. The average molecular weight is 400 g/mol. The zero-order chi connectivity index (χ0) is 20.7. The molecule has 1 aromatic carbocycles. The van der Waals surface area contributed by atoms with E-state index in [1.54, 1.807) is 12.1 Å². The van der Waals surface area contributed by atoms with Crippen LogP contribution < -0.4 is 15.5 Å². The number of anilines is 1. The number of nitrogens with zero attached hydrogens (tertiary/aromatic N) is 4. The Kier molecular flexibility index (Phi) is 7.32. The summed E-state index contributed by atoms with van der Waals surface area (Å²) in [5, 5.41) is 20.6. The number of rotatable bonds is 9. The van der Waals surface area contributed by atoms with Gasteiger partial charge in [0.2, 0.25) is 0 Å². The summed E-state index contributed by atoms with van der Waals surface area (Å²) in [6, 6.07) is 5.35. The fourth-order valence-corrected chi connectivity index (χ4v) is 2.54. The molecule has 0 fully saturated rings. The van der Waals surface area contributed by atoms with Crippen LogP contribution in [0.1, 0.15) is 18.4 Å². The smallest absolute Gasteiger partial charge is 0.471 e. The minimum atomic E-state index is -4.84. The van der Waals surface area contributed by atoms with Crippen LogP contribution in [-0.4, -0.2) is 60.3 Å². The summed E-state index contributed by atoms with van der Waals surface area (Å²) in [6.45, 7) is 3.61. The van der Waals surface area contributed by atoms with Crippen molar-refractivity contribution in [3.63, 3.8) is 0 Å². The van der Waals surface area contributed by atoms with Gasteiger partial charge in [0.05, 0.1) is 5.10 Å². The van der Waals surface area contributed by atoms with Crippen molar-refractivity contribution in [1.29, 1.82) is 0 Å². The van der Waals surface area contributed by atoms with Gasteiger partial charge in [-0.2, -0.15) is 13.2 Å². The van der Waals surface area contributed by atoms with E-state index >= 15 is 0 Å². The summed E-state index contributed by atoms with van der Waals surface area (Å²) >= 11 is 0. The van der Waals surface area contributed by atoms with Crippen molar-refractivity contribution in [2.45, 2.75) is 25.9 Å². The van der Waals surface area contributed by atoms with Gasteiger partial charge in [-0.3, -0.25) is 4.79 Å². The molecule has 11 heteroatoms. The molecule has 0 saturated carbocycles. The Morgan fingerprint density at radius 2 is 1.93 bits per heavy atom. The highest BCUT2D eigenvalue weighted by atomic mass is 19.4. The lowest BCUT2D eigenvalue weighted by Crippen LogP contribution is -2.38. The van der Waals surface area contributed by atoms with E-state index < -0.39 is 12.1 Å². The van der Waals surface area contributed by atoms with Gasteiger partial charge in [-0.25, -0.2) is 4.98 Å². The van der Waals surface area contributed by atoms with Crippen LogP contribution in [0, 0.1) is 12.1 Å². The maximum Gasteiger partial charge on any atom is 0.471 e. The summed E-state index contributed by atoms with van der Waals surface area (Å²) in [6.07, 6.45) is -3.71. The lowest BCUT2D eigenvalue weighted by atomic mass is 10.2. The Hall–Kier alpha value is -2.69. The fraction of sp³-hybridized carbons (Fsp3) is 0.529. The van der Waals surface area contributed by atoms with Crippen LogP contribution in [0.4, 0.5) is 19.1 Å². The Labute approximate surface area is 160 Å². The number of fused-ring (bicyclic) bond motifs is 1. The maximum absolute atomic E-state index is 12.0. The largest absolute Gasteiger partial charge is 0.594 e. The molecule has 0 aliphatic heterocycles. The maximum atomic E-state index is 12.0. The van der Waals surface area contributed by atoms with Gasteiger partial charge in [-0.15, -0.1) is 0 Å². The number of benzene rings is 1. The van der Waals surface area contributed by atoms with Crippen LogP contribution in [0.25, 0.3) is 11.0 Å². The van der Waals surface area contributed by atoms with E-state index in [2.05, 4.69) is 15.4 Å². The van der Waals surface area contributed by atoms with E-state index in [9.17, 15) is 23.2 Å². The van der Waals surface area contributed by atoms with Gasteiger partial charge in [0.15, 0.2) is 0 Å². The predicted octanol–water partition coefficient (Wildman–Crippen LogP) is 1.37. The van der Waals surface area contributed by atoms with Crippen molar-refractivity contribution in [3.8, 4) is 0 Å². The third kappa shape index (κ3) is 6.48. The Balaban J connectivity index is 1.68. The molecule has 0 aliphatic rings. The number of carbonyl (C=O) groups excluding carboxylic acids is 1. The molecule has 0 aliphatic carbocycles. The normalized spacial score (nSPS) is 11.8. The van der Waals surface area contributed by atoms with Crippen molar-refractivity contribution < 1.29 is 22.8 Å². The van der Waals surface area contributed by atoms with Gasteiger partial charge in [-0.05, 0) is 56.4 Å². The molecule has 0 unspecified atom stereocenters. The number of carbonyl (C=O) groups is 1. The fourth-order valence-electron chi connectivity index (χ4n) is 2.54. The first-order chi connectivity index (χ1) is 13.2. The molecule has 1 aromatic heterocycles. The second-order valence-corrected chi connectivity index (χ2v) is 6.49. The van der Waals surface area contributed by atoms with E-state index in [1.807, 2.05) is 30.3 Å². The van der Waals surface area contributed by atoms with Crippen molar-refractivity contribution in [1.82, 2.24) is 20.3 Å². The van der Waals surface area contributed by atoms with Gasteiger partial charge in [0, 0.05) is 19.2 Å². The third-order valence-corrected chi connectivity index (χ3v) is 4.01. The van der Waals surface area contributed by atoms with Gasteiger partial charge in [0.25, 0.3) is 11.5 Å². The van der Waals surface area contributed by atoms with Crippen molar-refractivity contribution in [2.24, 2.45) is 0 Å². The van der Waals surface area contributed by atoms with E-state index in [4.69, 9.17) is 0 Å². The van der Waals surface area contributed by atoms with Crippen molar-refractivity contribution in [3.05, 3.63) is 29.0 Å². The molecule has 8 nitrogen and oxygen atoms in total. The standard InChI is InChI=1S/C17H23F3N6O2/c1-12-5-6-13-14(11-12)26(28)24-16(23-13)22-8-4-10-25(2)9-3-7-21-15(27)17(18,19)20/h5-6,11H,3-4,7-10H2,1-2H3,(H,21,27)(H,22,23,24). The number of alkyl halides is 3. The molecule has 1 heterocycles. The van der Waals surface area contributed by atoms with E-state index in [0.29, 0.717) is 41.9 Å². The molecular formula is C17H23F3N6O2. The summed E-state index contributed by atoms with van der Waals surface area (Å²) in [5.41, 5.74) is 1.90. The Bertz CT molecular complexity index is 815. The molecule has 2 N–H and O–H groups in total. The number of amides is 1. The first kappa shape index (κ1) is 21.6. The van der Waals surface area contributed by atoms with Crippen LogP contribution in [0.5, 0.6) is 0 Å². The average Bonchev–Trinajstić information content (AvgIpc) is 2.62. The molecule has 1 amide bonds. The summed E-state index contributed by atoms with van der Waals surface area (Å²) < 4.78 is 36.1. The zero-order valence-corrected chi connectivity index (χ0v) is 15.7. The summed E-state index contributed by atoms with van der Waals surface area (Å²) in [7, 11) is 1.84. The Morgan fingerprint density at radius 1 is 1.25 bits per heavy atom. The second kappa shape index (κ2) is 9.49. The van der Waals surface area contributed by atoms with Gasteiger partial charge < -0.3 is 20.7 Å². The molecule has 0 atom stereocenters. The second-order valence-electron chi connectivity index (χ2n) is 6.49. The summed E-state index contributed by atoms with van der Waals surface area (Å²) in [4.78, 5) is 17.5. The summed E-state index contributed by atoms with van der Waals surface area (Å²) in [5.74, 6) is -1.68. The number of aryl methyl sites for hydroxylation is 1. The van der Waals surface area contributed by atoms with Crippen LogP contribution in [0.15, 0.2) is 18.2 Å². The highest BCUT2D eigenvalue weighted by molar-refractivity contribution is 5.81. The van der Waals surface area contributed by atoms with Crippen LogP contribution >= 0.6 is 0 Å². The van der Waals surface area contributed by atoms with Gasteiger partial charge in [0.1, 0.15) is 5.52 Å². The molecule has 0 bridgehead atoms. The predicted molar refractivity (Wildman–Crippen MR) is 97.5 cm³/mol. The number of hydrogen-bond acceptors (Lipinski definition) is 6. The van der Waals surface area contributed by atoms with Gasteiger partial charge >= 0.3 is 12.1 Å². The van der Waals surface area contributed by atoms with E-state index in [1.165, 1.54) is 0 Å². The molecular weight excluding hydrogens is 377 g/mol. The van der Waals surface area contributed by atoms with E-state index in [0.717, 1.165) is 12.0 Å².